The number of methoxy groups -OCH3 is 1. The molecule has 0 radical (unpaired) electrons. The Kier molecular flexibility index (Phi) is 4.99. The third kappa shape index (κ3) is 3.62. The molecular weight excluding hydrogens is 290 g/mol. The number of aromatic hydroxyl groups is 1. The van der Waals surface area contributed by atoms with E-state index in [9.17, 15) is 9.90 Å². The van der Waals surface area contributed by atoms with Crippen molar-refractivity contribution in [3.8, 4) is 11.5 Å². The molecule has 116 valence electrons. The highest BCUT2D eigenvalue weighted by Crippen LogP contribution is 2.34. The second-order valence-corrected chi connectivity index (χ2v) is 6.22. The van der Waals surface area contributed by atoms with Gasteiger partial charge < -0.3 is 15.2 Å². The minimum absolute atomic E-state index is 0.0538. The van der Waals surface area contributed by atoms with Crippen LogP contribution in [0, 0.1) is 5.92 Å². The molecule has 4 nitrogen and oxygen atoms in total. The fourth-order valence-electron chi connectivity index (χ4n) is 3.06. The molecule has 21 heavy (non-hydrogen) atoms. The number of rotatable bonds is 4. The first-order valence-electron chi connectivity index (χ1n) is 7.25. The maximum atomic E-state index is 12.5. The summed E-state index contributed by atoms with van der Waals surface area (Å²) in [5, 5.41) is 12.9. The maximum Gasteiger partial charge on any atom is 0.255 e. The highest BCUT2D eigenvalue weighted by Gasteiger charge is 2.36. The van der Waals surface area contributed by atoms with E-state index in [0.29, 0.717) is 17.5 Å². The second-order valence-electron chi connectivity index (χ2n) is 5.95. The zero-order valence-electron chi connectivity index (χ0n) is 12.5. The van der Waals surface area contributed by atoms with Gasteiger partial charge in [-0.05, 0) is 37.0 Å². The zero-order chi connectivity index (χ0) is 15.5. The Morgan fingerprint density at radius 1 is 1.57 bits per heavy atom. The third-order valence-electron chi connectivity index (χ3n) is 4.17. The predicted octanol–water partition coefficient (Wildman–Crippen LogP) is 3.32. The number of hydrogen-bond acceptors (Lipinski definition) is 3. The fourth-order valence-corrected chi connectivity index (χ4v) is 3.37. The summed E-state index contributed by atoms with van der Waals surface area (Å²) in [5.74, 6) is 1.10. The smallest absolute Gasteiger partial charge is 0.255 e. The van der Waals surface area contributed by atoms with Crippen molar-refractivity contribution in [2.45, 2.75) is 38.1 Å². The van der Waals surface area contributed by atoms with Crippen LogP contribution in [0.25, 0.3) is 0 Å². The summed E-state index contributed by atoms with van der Waals surface area (Å²) in [4.78, 5) is 12.5. The molecule has 1 aliphatic carbocycles. The molecule has 2 atom stereocenters. The summed E-state index contributed by atoms with van der Waals surface area (Å²) >= 11 is 6.13. The number of nitrogens with one attached hydrogen (secondary N) is 1. The van der Waals surface area contributed by atoms with Crippen molar-refractivity contribution in [1.29, 1.82) is 0 Å². The van der Waals surface area contributed by atoms with E-state index >= 15 is 0 Å². The van der Waals surface area contributed by atoms with Crippen LogP contribution in [0.1, 0.15) is 43.0 Å². The first-order valence-corrected chi connectivity index (χ1v) is 7.78. The fraction of sp³-hybridized carbons (Fsp3) is 0.562. The molecule has 0 bridgehead atoms. The average Bonchev–Trinajstić information content (AvgIpc) is 2.47. The quantitative estimate of drug-likeness (QED) is 0.839. The normalized spacial score (nSPS) is 25.4. The van der Waals surface area contributed by atoms with Crippen molar-refractivity contribution in [2.75, 3.05) is 13.0 Å². The molecule has 0 saturated heterocycles. The molecule has 1 aromatic carbocycles. The van der Waals surface area contributed by atoms with Crippen LogP contribution >= 0.6 is 11.6 Å². The number of amides is 1. The number of carbonyl (C=O) groups is 1. The average molecular weight is 312 g/mol. The summed E-state index contributed by atoms with van der Waals surface area (Å²) in [6, 6.07) is 4.62. The van der Waals surface area contributed by atoms with E-state index in [1.165, 1.54) is 19.6 Å². The summed E-state index contributed by atoms with van der Waals surface area (Å²) in [5.41, 5.74) is -0.164. The Morgan fingerprint density at radius 2 is 2.33 bits per heavy atom. The van der Waals surface area contributed by atoms with E-state index in [4.69, 9.17) is 16.3 Å². The first-order chi connectivity index (χ1) is 9.99. The van der Waals surface area contributed by atoms with Gasteiger partial charge >= 0.3 is 0 Å². The number of benzene rings is 1. The highest BCUT2D eigenvalue weighted by molar-refractivity contribution is 6.19. The number of halogens is 1. The van der Waals surface area contributed by atoms with E-state index in [1.807, 2.05) is 0 Å². The Labute approximate surface area is 130 Å². The van der Waals surface area contributed by atoms with Crippen molar-refractivity contribution in [2.24, 2.45) is 5.92 Å². The van der Waals surface area contributed by atoms with Crippen LogP contribution in [0.4, 0.5) is 0 Å². The van der Waals surface area contributed by atoms with Crippen molar-refractivity contribution in [3.63, 3.8) is 0 Å². The van der Waals surface area contributed by atoms with Gasteiger partial charge in [-0.2, -0.15) is 0 Å². The molecule has 2 N–H and O–H groups in total. The predicted molar refractivity (Wildman–Crippen MR) is 83.2 cm³/mol. The van der Waals surface area contributed by atoms with Gasteiger partial charge in [-0.3, -0.25) is 4.79 Å². The van der Waals surface area contributed by atoms with Crippen LogP contribution in [0.5, 0.6) is 11.5 Å². The lowest BCUT2D eigenvalue weighted by Gasteiger charge is -2.39. The standard InChI is InChI=1S/C16H22ClNO3/c1-11-4-3-7-16(9-11,10-17)18-15(20)13-8-12(21-2)5-6-14(13)19/h5-6,8,11,19H,3-4,7,9-10H2,1-2H3,(H,18,20). The van der Waals surface area contributed by atoms with Gasteiger partial charge in [0.2, 0.25) is 0 Å². The van der Waals surface area contributed by atoms with E-state index < -0.39 is 0 Å². The van der Waals surface area contributed by atoms with Gasteiger partial charge in [0.15, 0.2) is 0 Å². The molecule has 1 amide bonds. The van der Waals surface area contributed by atoms with E-state index in [2.05, 4.69) is 12.2 Å². The monoisotopic (exact) mass is 311 g/mol. The Bertz CT molecular complexity index is 520. The van der Waals surface area contributed by atoms with Crippen LogP contribution in [-0.2, 0) is 0 Å². The van der Waals surface area contributed by atoms with Gasteiger partial charge in [-0.25, -0.2) is 0 Å². The maximum absolute atomic E-state index is 12.5. The minimum atomic E-state index is -0.383. The Morgan fingerprint density at radius 3 is 2.95 bits per heavy atom. The lowest BCUT2D eigenvalue weighted by molar-refractivity contribution is 0.0864. The van der Waals surface area contributed by atoms with E-state index in [-0.39, 0.29) is 22.8 Å². The number of carbonyl (C=O) groups excluding carboxylic acids is 1. The number of phenolic OH excluding ortho intramolecular Hbond substituents is 1. The molecular formula is C16H22ClNO3. The Balaban J connectivity index is 2.20. The molecule has 1 fully saturated rings. The third-order valence-corrected chi connectivity index (χ3v) is 4.69. The molecule has 0 aliphatic heterocycles. The van der Waals surface area contributed by atoms with Crippen LogP contribution in [0.3, 0.4) is 0 Å². The van der Waals surface area contributed by atoms with Gasteiger partial charge in [0.25, 0.3) is 5.91 Å². The molecule has 2 unspecified atom stereocenters. The summed E-state index contributed by atoms with van der Waals surface area (Å²) in [6.07, 6.45) is 3.96. The number of hydrogen-bond donors (Lipinski definition) is 2. The van der Waals surface area contributed by atoms with Crippen LogP contribution < -0.4 is 10.1 Å². The lowest BCUT2D eigenvalue weighted by Crippen LogP contribution is -2.52. The van der Waals surface area contributed by atoms with Gasteiger partial charge in [0, 0.05) is 5.88 Å². The van der Waals surface area contributed by atoms with Gasteiger partial charge in [-0.1, -0.05) is 19.8 Å². The summed E-state index contributed by atoms with van der Waals surface area (Å²) < 4.78 is 5.10. The topological polar surface area (TPSA) is 58.6 Å². The van der Waals surface area contributed by atoms with Crippen molar-refractivity contribution < 1.29 is 14.6 Å². The molecule has 5 heteroatoms. The van der Waals surface area contributed by atoms with Crippen molar-refractivity contribution >= 4 is 17.5 Å². The molecule has 1 saturated carbocycles. The number of ether oxygens (including phenoxy) is 1. The summed E-state index contributed by atoms with van der Waals surface area (Å²) in [6.45, 7) is 2.18. The van der Waals surface area contributed by atoms with Crippen molar-refractivity contribution in [1.82, 2.24) is 5.32 Å². The van der Waals surface area contributed by atoms with Gasteiger partial charge in [-0.15, -0.1) is 11.6 Å². The molecule has 0 aromatic heterocycles. The van der Waals surface area contributed by atoms with Crippen LogP contribution in [0.15, 0.2) is 18.2 Å². The van der Waals surface area contributed by atoms with Crippen molar-refractivity contribution in [3.05, 3.63) is 23.8 Å². The van der Waals surface area contributed by atoms with Gasteiger partial charge in [0.05, 0.1) is 18.2 Å². The van der Waals surface area contributed by atoms with Gasteiger partial charge in [0.1, 0.15) is 11.5 Å². The minimum Gasteiger partial charge on any atom is -0.507 e. The zero-order valence-corrected chi connectivity index (χ0v) is 13.2. The molecule has 1 aromatic rings. The van der Waals surface area contributed by atoms with E-state index in [1.54, 1.807) is 12.1 Å². The largest absolute Gasteiger partial charge is 0.507 e. The highest BCUT2D eigenvalue weighted by atomic mass is 35.5. The first kappa shape index (κ1) is 16.0. The molecule has 0 spiro atoms. The number of alkyl halides is 1. The van der Waals surface area contributed by atoms with E-state index in [0.717, 1.165) is 19.3 Å². The van der Waals surface area contributed by atoms with Crippen LogP contribution in [0.2, 0.25) is 0 Å². The lowest BCUT2D eigenvalue weighted by atomic mass is 9.77. The molecule has 0 heterocycles. The molecule has 2 rings (SSSR count). The van der Waals surface area contributed by atoms with Crippen LogP contribution in [-0.4, -0.2) is 29.5 Å². The number of phenols is 1. The SMILES string of the molecule is COc1ccc(O)c(C(=O)NC2(CCl)CCCC(C)C2)c1. The molecule has 1 aliphatic rings. The Hall–Kier alpha value is -1.42. The summed E-state index contributed by atoms with van der Waals surface area (Å²) in [7, 11) is 1.52. The second kappa shape index (κ2) is 6.56.